The number of halogens is 1. The summed E-state index contributed by atoms with van der Waals surface area (Å²) in [5.41, 5.74) is 1.94. The minimum atomic E-state index is -0.270. The summed E-state index contributed by atoms with van der Waals surface area (Å²) in [6.45, 7) is 1.71. The highest BCUT2D eigenvalue weighted by Crippen LogP contribution is 2.33. The second-order valence-corrected chi connectivity index (χ2v) is 10.6. The highest BCUT2D eigenvalue weighted by Gasteiger charge is 2.19. The van der Waals surface area contributed by atoms with Crippen molar-refractivity contribution in [3.63, 3.8) is 0 Å². The molecule has 2 aromatic carbocycles. The molecule has 1 N–H and O–H groups in total. The van der Waals surface area contributed by atoms with Crippen molar-refractivity contribution in [2.75, 3.05) is 33.4 Å². The van der Waals surface area contributed by atoms with E-state index in [1.54, 1.807) is 18.2 Å². The monoisotopic (exact) mass is 566 g/mol. The molecule has 2 aromatic heterocycles. The third-order valence-electron chi connectivity index (χ3n) is 6.45. The van der Waals surface area contributed by atoms with Crippen molar-refractivity contribution < 1.29 is 19.1 Å². The zero-order valence-corrected chi connectivity index (χ0v) is 22.9. The summed E-state index contributed by atoms with van der Waals surface area (Å²) >= 11 is 7.37. The molecule has 202 valence electrons. The molecule has 1 aliphatic heterocycles. The molecule has 0 radical (unpaired) electrons. The number of amides is 2. The molecular formula is C28H27ClN4O5S. The lowest BCUT2D eigenvalue weighted by Gasteiger charge is -2.15. The number of nitrogens with one attached hydrogen (secondary N) is 1. The van der Waals surface area contributed by atoms with E-state index < -0.39 is 0 Å². The van der Waals surface area contributed by atoms with Crippen LogP contribution in [0, 0.1) is 0 Å². The topological polar surface area (TPSA) is 103 Å². The van der Waals surface area contributed by atoms with Crippen LogP contribution in [0.4, 0.5) is 0 Å². The molecule has 1 fully saturated rings. The number of likely N-dealkylation sites (tertiary alicyclic amines) is 1. The Bertz CT molecular complexity index is 1570. The number of ether oxygens (including phenoxy) is 2. The fourth-order valence-electron chi connectivity index (χ4n) is 4.41. The number of hydrogen-bond acceptors (Lipinski definition) is 7. The first-order chi connectivity index (χ1) is 18.9. The van der Waals surface area contributed by atoms with Crippen LogP contribution in [0.2, 0.25) is 5.02 Å². The van der Waals surface area contributed by atoms with E-state index in [2.05, 4.69) is 10.3 Å². The highest BCUT2D eigenvalue weighted by molar-refractivity contribution is 7.22. The third kappa shape index (κ3) is 6.07. The van der Waals surface area contributed by atoms with Crippen molar-refractivity contribution in [3.8, 4) is 27.6 Å². The van der Waals surface area contributed by atoms with Crippen molar-refractivity contribution in [2.45, 2.75) is 19.3 Å². The van der Waals surface area contributed by atoms with Crippen LogP contribution in [-0.4, -0.2) is 59.6 Å². The SMILES string of the molecule is COc1cc(-n2cnc3cc(-c4ccc(Cl)cc4)sc3c2=O)ccc1OCC(=O)NCCCN1CCCC1=O. The van der Waals surface area contributed by atoms with Gasteiger partial charge in [0.25, 0.3) is 11.5 Å². The molecule has 9 nitrogen and oxygen atoms in total. The summed E-state index contributed by atoms with van der Waals surface area (Å²) in [6, 6.07) is 14.4. The van der Waals surface area contributed by atoms with Crippen molar-refractivity contribution in [3.05, 3.63) is 70.2 Å². The van der Waals surface area contributed by atoms with E-state index in [1.807, 2.05) is 35.2 Å². The quantitative estimate of drug-likeness (QED) is 0.287. The normalized spacial score (nSPS) is 13.2. The number of fused-ring (bicyclic) bond motifs is 1. The molecule has 0 bridgehead atoms. The summed E-state index contributed by atoms with van der Waals surface area (Å²) in [7, 11) is 1.49. The number of benzene rings is 2. The van der Waals surface area contributed by atoms with Gasteiger partial charge in [-0.25, -0.2) is 4.98 Å². The number of aromatic nitrogens is 2. The standard InChI is InChI=1S/C28H27ClN4O5S/c1-37-23-14-20(9-10-22(23)38-16-25(34)30-11-3-13-32-12-2-4-26(32)35)33-17-31-21-15-24(39-27(21)28(33)36)18-5-7-19(29)8-6-18/h5-10,14-15,17H,2-4,11-13,16H2,1H3,(H,30,34). The molecule has 5 rings (SSSR count). The van der Waals surface area contributed by atoms with Crippen LogP contribution in [0.5, 0.6) is 11.5 Å². The predicted octanol–water partition coefficient (Wildman–Crippen LogP) is 4.28. The number of rotatable bonds is 10. The van der Waals surface area contributed by atoms with E-state index in [1.165, 1.54) is 29.3 Å². The minimum absolute atomic E-state index is 0.177. The van der Waals surface area contributed by atoms with Gasteiger partial charge in [0.2, 0.25) is 5.91 Å². The maximum Gasteiger partial charge on any atom is 0.275 e. The summed E-state index contributed by atoms with van der Waals surface area (Å²) in [6.07, 6.45) is 3.69. The van der Waals surface area contributed by atoms with Crippen LogP contribution in [0.15, 0.2) is 59.7 Å². The van der Waals surface area contributed by atoms with Gasteiger partial charge in [-0.05, 0) is 48.7 Å². The van der Waals surface area contributed by atoms with Crippen LogP contribution < -0.4 is 20.3 Å². The van der Waals surface area contributed by atoms with Crippen molar-refractivity contribution >= 4 is 45.0 Å². The average molecular weight is 567 g/mol. The zero-order chi connectivity index (χ0) is 27.4. The van der Waals surface area contributed by atoms with Crippen LogP contribution in [0.25, 0.3) is 26.3 Å². The molecule has 0 saturated carbocycles. The maximum absolute atomic E-state index is 13.3. The van der Waals surface area contributed by atoms with Crippen molar-refractivity contribution in [2.24, 2.45) is 0 Å². The van der Waals surface area contributed by atoms with E-state index in [0.29, 0.717) is 58.4 Å². The molecule has 1 aliphatic rings. The average Bonchev–Trinajstić information content (AvgIpc) is 3.57. The first-order valence-corrected chi connectivity index (χ1v) is 13.7. The number of thiophene rings is 1. The van der Waals surface area contributed by atoms with E-state index in [9.17, 15) is 14.4 Å². The first kappa shape index (κ1) is 26.7. The van der Waals surface area contributed by atoms with Crippen LogP contribution >= 0.6 is 22.9 Å². The van der Waals surface area contributed by atoms with Gasteiger partial charge < -0.3 is 19.7 Å². The Hall–Kier alpha value is -3.89. The lowest BCUT2D eigenvalue weighted by atomic mass is 10.2. The van der Waals surface area contributed by atoms with Crippen LogP contribution in [-0.2, 0) is 9.59 Å². The molecule has 0 aliphatic carbocycles. The second-order valence-electron chi connectivity index (χ2n) is 9.06. The Labute approximate surface area is 233 Å². The van der Waals surface area contributed by atoms with Crippen LogP contribution in [0.3, 0.4) is 0 Å². The molecule has 0 unspecified atom stereocenters. The Balaban J connectivity index is 1.24. The Morgan fingerprint density at radius 3 is 2.69 bits per heavy atom. The molecule has 4 aromatic rings. The molecule has 2 amide bonds. The number of nitrogens with zero attached hydrogens (tertiary/aromatic N) is 3. The van der Waals surface area contributed by atoms with Gasteiger partial charge in [-0.3, -0.25) is 19.0 Å². The van der Waals surface area contributed by atoms with Gasteiger partial charge in [0.15, 0.2) is 18.1 Å². The van der Waals surface area contributed by atoms with Gasteiger partial charge in [0.05, 0.1) is 18.3 Å². The van der Waals surface area contributed by atoms with Gasteiger partial charge in [-0.1, -0.05) is 23.7 Å². The Morgan fingerprint density at radius 2 is 1.95 bits per heavy atom. The van der Waals surface area contributed by atoms with Gasteiger partial charge >= 0.3 is 0 Å². The van der Waals surface area contributed by atoms with Gasteiger partial charge in [0, 0.05) is 42.0 Å². The van der Waals surface area contributed by atoms with Crippen LogP contribution in [0.1, 0.15) is 19.3 Å². The lowest BCUT2D eigenvalue weighted by molar-refractivity contribution is -0.127. The van der Waals surface area contributed by atoms with E-state index in [4.69, 9.17) is 21.1 Å². The van der Waals surface area contributed by atoms with E-state index >= 15 is 0 Å². The summed E-state index contributed by atoms with van der Waals surface area (Å²) in [4.78, 5) is 44.5. The Kier molecular flexibility index (Phi) is 8.13. The molecular weight excluding hydrogens is 540 g/mol. The summed E-state index contributed by atoms with van der Waals surface area (Å²) < 4.78 is 13.1. The first-order valence-electron chi connectivity index (χ1n) is 12.6. The zero-order valence-electron chi connectivity index (χ0n) is 21.3. The molecule has 39 heavy (non-hydrogen) atoms. The van der Waals surface area contributed by atoms with E-state index in [0.717, 1.165) is 23.4 Å². The molecule has 0 spiro atoms. The van der Waals surface area contributed by atoms with Crippen molar-refractivity contribution in [1.82, 2.24) is 19.8 Å². The molecule has 1 saturated heterocycles. The lowest BCUT2D eigenvalue weighted by Crippen LogP contribution is -2.33. The van der Waals surface area contributed by atoms with Gasteiger partial charge in [-0.15, -0.1) is 11.3 Å². The summed E-state index contributed by atoms with van der Waals surface area (Å²) in [5.74, 6) is 0.667. The summed E-state index contributed by atoms with van der Waals surface area (Å²) in [5, 5.41) is 3.45. The fourth-order valence-corrected chi connectivity index (χ4v) is 5.58. The second kappa shape index (κ2) is 11.9. The van der Waals surface area contributed by atoms with Gasteiger partial charge in [0.1, 0.15) is 11.0 Å². The van der Waals surface area contributed by atoms with Gasteiger partial charge in [-0.2, -0.15) is 0 Å². The largest absolute Gasteiger partial charge is 0.493 e. The highest BCUT2D eigenvalue weighted by atomic mass is 35.5. The number of methoxy groups -OCH3 is 1. The number of hydrogen-bond donors (Lipinski definition) is 1. The number of carbonyl (C=O) groups is 2. The van der Waals surface area contributed by atoms with Crippen molar-refractivity contribution in [1.29, 1.82) is 0 Å². The molecule has 3 heterocycles. The smallest absolute Gasteiger partial charge is 0.275 e. The third-order valence-corrected chi connectivity index (χ3v) is 7.86. The van der Waals surface area contributed by atoms with E-state index in [-0.39, 0.29) is 24.0 Å². The maximum atomic E-state index is 13.3. The fraction of sp³-hybridized carbons (Fsp3) is 0.286. The number of carbonyl (C=O) groups excluding carboxylic acids is 2. The molecule has 11 heteroatoms. The molecule has 0 atom stereocenters. The minimum Gasteiger partial charge on any atom is -0.493 e. The predicted molar refractivity (Wildman–Crippen MR) is 151 cm³/mol. The Morgan fingerprint density at radius 1 is 1.13 bits per heavy atom.